The molecule has 2 fully saturated rings. The first-order valence-corrected chi connectivity index (χ1v) is 32.8. The predicted octanol–water partition coefficient (Wildman–Crippen LogP) is 5.12. The summed E-state index contributed by atoms with van der Waals surface area (Å²) in [6, 6.07) is 15.4. The number of nitriles is 1. The van der Waals surface area contributed by atoms with Gasteiger partial charge in [-0.3, -0.25) is 9.59 Å². The average molecular weight is 1290 g/mol. The van der Waals surface area contributed by atoms with E-state index in [9.17, 15) is 41.3 Å². The number of carbonyl (C=O) groups is 4. The zero-order chi connectivity index (χ0) is 63.5. The van der Waals surface area contributed by atoms with E-state index in [1.54, 1.807) is 38.1 Å². The van der Waals surface area contributed by atoms with Crippen molar-refractivity contribution in [3.05, 3.63) is 121 Å². The lowest BCUT2D eigenvalue weighted by Gasteiger charge is -2.28. The SMILES string of the molecule is [C-]#[N+]c1cc(Cl)cc2c1C[C@H](N(C)C)[C@H]2Oc1ccc(S(=O)(=O)N[C@H]2CCN(CCOCCNC(=O)NCCCCNC(=O)NCCOCCN3CC[C@H](NS(=O)(=O)c4ccc(O[C@H]5c6cc(Cl)cc(C#N)c6C[C@@H]5N(C)C)c(C)c4)C3=O)C2=O)cc1C. The van der Waals surface area contributed by atoms with E-state index < -0.39 is 44.3 Å². The summed E-state index contributed by atoms with van der Waals surface area (Å²) in [5.74, 6) is 0.245. The highest BCUT2D eigenvalue weighted by Crippen LogP contribution is 2.45. The first-order chi connectivity index (χ1) is 42.0. The second kappa shape index (κ2) is 30.1. The topological polar surface area (TPSA) is 287 Å². The van der Waals surface area contributed by atoms with Crippen LogP contribution >= 0.6 is 23.2 Å². The zero-order valence-corrected chi connectivity index (χ0v) is 53.3. The highest BCUT2D eigenvalue weighted by Gasteiger charge is 2.41. The van der Waals surface area contributed by atoms with Gasteiger partial charge in [-0.15, -0.1) is 0 Å². The molecule has 0 saturated carbocycles. The normalized spacial score (nSPS) is 19.8. The van der Waals surface area contributed by atoms with Gasteiger partial charge in [0.1, 0.15) is 35.8 Å². The number of hydrogen-bond acceptors (Lipinski definition) is 15. The minimum Gasteiger partial charge on any atom is -0.484 e. The summed E-state index contributed by atoms with van der Waals surface area (Å²) in [4.78, 5) is 61.8. The van der Waals surface area contributed by atoms with Crippen molar-refractivity contribution in [3.63, 3.8) is 0 Å². The van der Waals surface area contributed by atoms with Crippen molar-refractivity contribution in [3.8, 4) is 17.6 Å². The second-order valence-corrected chi connectivity index (χ2v) is 26.8. The van der Waals surface area contributed by atoms with Crippen LogP contribution in [0.4, 0.5) is 15.3 Å². The Morgan fingerprint density at radius 2 is 1.08 bits per heavy atom. The molecule has 8 rings (SSSR count). The fraction of sp³-hybridized carbons (Fsp3) is 0.500. The number of rotatable bonds is 29. The van der Waals surface area contributed by atoms with Gasteiger partial charge in [-0.25, -0.2) is 31.3 Å². The monoisotopic (exact) mass is 1290 g/mol. The number of benzene rings is 4. The van der Waals surface area contributed by atoms with Gasteiger partial charge in [0.25, 0.3) is 0 Å². The Kier molecular flexibility index (Phi) is 23.0. The molecule has 2 saturated heterocycles. The molecule has 24 nitrogen and oxygen atoms in total. The lowest BCUT2D eigenvalue weighted by Crippen LogP contribution is -2.42. The van der Waals surface area contributed by atoms with Crippen LogP contribution < -0.4 is 40.2 Å². The standard InChI is InChI=1S/C60H76Cl2N12O12S2/c1-37-28-42(10-12-53(37)85-55-46-31-40(61)30-39(36-63)44(46)34-51(55)71(4)5)87(79,80)69-48-14-20-73(57(48)75)22-26-83-24-18-67-59(77)65-16-8-9-17-66-60(78)68-19-25-84-27-23-74-21-15-49(58(74)76)70-88(81,82)43-11-13-54(38(2)29-43)86-56-47-32-41(62)33-50(64-3)45(47)35-52(56)72(6)7/h10-13,28-33,48-49,51-52,55-56,69-70H,8-9,14-27,34-35H2,1-2,4-7H3,(H2,65,67,77)(H2,66,68,78)/t48-,49-,51-,52-,55-,56-/m0/s1. The Balaban J connectivity index is 0.628. The molecule has 4 aromatic carbocycles. The van der Waals surface area contributed by atoms with Crippen molar-refractivity contribution in [2.45, 2.75) is 98.5 Å². The van der Waals surface area contributed by atoms with Gasteiger partial charge in [-0.05, 0) is 175 Å². The highest BCUT2D eigenvalue weighted by molar-refractivity contribution is 7.89. The maximum Gasteiger partial charge on any atom is 0.314 e. The summed E-state index contributed by atoms with van der Waals surface area (Å²) in [5.41, 5.74) is 5.54. The number of halogens is 2. The summed E-state index contributed by atoms with van der Waals surface area (Å²) in [6.07, 6.45) is 2.07. The number of fused-ring (bicyclic) bond motifs is 2. The van der Waals surface area contributed by atoms with E-state index in [1.165, 1.54) is 34.1 Å². The third-order valence-electron chi connectivity index (χ3n) is 16.0. The third-order valence-corrected chi connectivity index (χ3v) is 19.4. The fourth-order valence-electron chi connectivity index (χ4n) is 11.3. The van der Waals surface area contributed by atoms with E-state index in [1.807, 2.05) is 50.1 Å². The van der Waals surface area contributed by atoms with Gasteiger partial charge < -0.3 is 59.8 Å². The molecule has 2 aliphatic carbocycles. The van der Waals surface area contributed by atoms with Crippen LogP contribution in [0.1, 0.15) is 76.8 Å². The van der Waals surface area contributed by atoms with Crippen LogP contribution in [0.2, 0.25) is 10.0 Å². The quantitative estimate of drug-likeness (QED) is 0.0304. The second-order valence-electron chi connectivity index (χ2n) is 22.5. The molecule has 4 aliphatic rings. The summed E-state index contributed by atoms with van der Waals surface area (Å²) < 4.78 is 83.4. The maximum absolute atomic E-state index is 13.5. The largest absolute Gasteiger partial charge is 0.484 e. The molecule has 474 valence electrons. The molecule has 6 atom stereocenters. The van der Waals surface area contributed by atoms with Crippen LogP contribution in [0.25, 0.3) is 4.85 Å². The molecule has 4 aromatic rings. The van der Waals surface area contributed by atoms with E-state index in [2.05, 4.69) is 41.6 Å². The fourth-order valence-corrected chi connectivity index (χ4v) is 14.3. The lowest BCUT2D eigenvalue weighted by molar-refractivity contribution is -0.130. The predicted molar refractivity (Wildman–Crippen MR) is 330 cm³/mol. The number of likely N-dealkylation sites (tertiary alicyclic amines) is 2. The molecule has 88 heavy (non-hydrogen) atoms. The van der Waals surface area contributed by atoms with Crippen LogP contribution in [0.15, 0.2) is 70.5 Å². The molecule has 0 unspecified atom stereocenters. The highest BCUT2D eigenvalue weighted by atomic mass is 35.5. The molecular weight excluding hydrogens is 1220 g/mol. The van der Waals surface area contributed by atoms with E-state index >= 15 is 0 Å². The van der Waals surface area contributed by atoms with Crippen LogP contribution in [0, 0.1) is 31.8 Å². The number of carbonyl (C=O) groups excluding carboxylic acids is 4. The minimum absolute atomic E-state index is 0.00607. The van der Waals surface area contributed by atoms with Gasteiger partial charge in [0.15, 0.2) is 5.69 Å². The number of nitrogens with one attached hydrogen (secondary N) is 6. The zero-order valence-electron chi connectivity index (χ0n) is 50.1. The molecule has 0 radical (unpaired) electrons. The number of likely N-dealkylation sites (N-methyl/N-ethyl adjacent to an activating group) is 2. The van der Waals surface area contributed by atoms with Crippen LogP contribution in [-0.2, 0) is 52.0 Å². The van der Waals surface area contributed by atoms with Crippen molar-refractivity contribution in [1.82, 2.24) is 50.3 Å². The van der Waals surface area contributed by atoms with Gasteiger partial charge >= 0.3 is 12.1 Å². The summed E-state index contributed by atoms with van der Waals surface area (Å²) >= 11 is 12.7. The maximum atomic E-state index is 13.5. The molecule has 2 aliphatic heterocycles. The van der Waals surface area contributed by atoms with Crippen molar-refractivity contribution in [2.24, 2.45) is 0 Å². The van der Waals surface area contributed by atoms with Gasteiger partial charge in [0.2, 0.25) is 31.9 Å². The molecular formula is C60H76Cl2N12O12S2. The molecule has 0 spiro atoms. The van der Waals surface area contributed by atoms with Crippen LogP contribution in [-0.4, -0.2) is 191 Å². The average Bonchev–Trinajstić information content (AvgIpc) is 1.71. The number of aryl methyl sites for hydroxylation is 2. The first kappa shape index (κ1) is 67.1. The van der Waals surface area contributed by atoms with E-state index in [-0.39, 0.29) is 111 Å². The molecule has 6 N–H and O–H groups in total. The van der Waals surface area contributed by atoms with E-state index in [0.717, 1.165) is 22.3 Å². The van der Waals surface area contributed by atoms with Crippen molar-refractivity contribution in [1.29, 1.82) is 5.26 Å². The van der Waals surface area contributed by atoms with Crippen molar-refractivity contribution in [2.75, 3.05) is 107 Å². The molecule has 0 bridgehead atoms. The molecule has 2 heterocycles. The first-order valence-electron chi connectivity index (χ1n) is 29.1. The lowest BCUT2D eigenvalue weighted by atomic mass is 10.0. The van der Waals surface area contributed by atoms with E-state index in [4.69, 9.17) is 48.7 Å². The summed E-state index contributed by atoms with van der Waals surface area (Å²) in [5, 5.41) is 21.5. The number of ether oxygens (including phenoxy) is 4. The number of urea groups is 2. The molecule has 28 heteroatoms. The summed E-state index contributed by atoms with van der Waals surface area (Å²) in [7, 11) is -0.410. The Labute approximate surface area is 524 Å². The number of amides is 6. The summed E-state index contributed by atoms with van der Waals surface area (Å²) in [6.45, 7) is 14.2. The number of nitrogens with zero attached hydrogens (tertiary/aromatic N) is 6. The Bertz CT molecular complexity index is 3320. The third kappa shape index (κ3) is 16.7. The Morgan fingerprint density at radius 1 is 0.648 bits per heavy atom. The van der Waals surface area contributed by atoms with Gasteiger partial charge in [-0.2, -0.15) is 14.7 Å². The van der Waals surface area contributed by atoms with E-state index in [0.29, 0.717) is 95.8 Å². The van der Waals surface area contributed by atoms with Crippen LogP contribution in [0.5, 0.6) is 11.5 Å². The van der Waals surface area contributed by atoms with Crippen molar-refractivity contribution < 1.29 is 55.0 Å². The number of hydrogen-bond donors (Lipinski definition) is 6. The number of sulfonamides is 2. The van der Waals surface area contributed by atoms with Crippen molar-refractivity contribution >= 4 is 72.8 Å². The Morgan fingerprint density at radius 3 is 1.51 bits per heavy atom. The van der Waals surface area contributed by atoms with Gasteiger partial charge in [0, 0.05) is 62.4 Å². The van der Waals surface area contributed by atoms with Gasteiger partial charge in [0.05, 0.1) is 66.5 Å². The number of unbranched alkanes of at least 4 members (excludes halogenated alkanes) is 1. The van der Waals surface area contributed by atoms with Gasteiger partial charge in [-0.1, -0.05) is 23.2 Å². The molecule has 0 aromatic heterocycles. The smallest absolute Gasteiger partial charge is 0.314 e. The van der Waals surface area contributed by atoms with Crippen LogP contribution in [0.3, 0.4) is 0 Å². The molecule has 6 amide bonds. The Hall–Kier alpha value is -6.82. The minimum atomic E-state index is -4.08.